The fraction of sp³-hybridized carbons (Fsp3) is 0.455. The van der Waals surface area contributed by atoms with Crippen molar-refractivity contribution in [3.05, 3.63) is 34.3 Å². The van der Waals surface area contributed by atoms with E-state index in [9.17, 15) is 13.5 Å². The van der Waals surface area contributed by atoms with E-state index in [1.54, 1.807) is 31.2 Å². The molecule has 0 unspecified atom stereocenters. The molecule has 0 saturated heterocycles. The third kappa shape index (κ3) is 4.03. The largest absolute Gasteiger partial charge is 0.387 e. The summed E-state index contributed by atoms with van der Waals surface area (Å²) < 4.78 is 27.6. The summed E-state index contributed by atoms with van der Waals surface area (Å²) in [7, 11) is -0.681. The van der Waals surface area contributed by atoms with Crippen LogP contribution in [0.1, 0.15) is 18.6 Å². The van der Waals surface area contributed by atoms with Crippen LogP contribution in [-0.4, -0.2) is 38.0 Å². The number of aliphatic hydroxyl groups is 1. The van der Waals surface area contributed by atoms with Crippen LogP contribution in [0.25, 0.3) is 0 Å². The Morgan fingerprint density at radius 1 is 1.28 bits per heavy atom. The molecular formula is C11H17BrN2O3S. The van der Waals surface area contributed by atoms with Gasteiger partial charge in [-0.15, -0.1) is 0 Å². The summed E-state index contributed by atoms with van der Waals surface area (Å²) >= 11 is 3.30. The topological polar surface area (TPSA) is 69.6 Å². The summed E-state index contributed by atoms with van der Waals surface area (Å²) in [6.45, 7) is 1.62. The van der Waals surface area contributed by atoms with Gasteiger partial charge in [0.05, 0.1) is 12.1 Å². The van der Waals surface area contributed by atoms with Crippen LogP contribution in [0.4, 0.5) is 0 Å². The maximum absolute atomic E-state index is 11.6. The molecule has 1 rings (SSSR count). The zero-order chi connectivity index (χ0) is 13.9. The summed E-state index contributed by atoms with van der Waals surface area (Å²) in [4.78, 5) is 0. The molecule has 2 N–H and O–H groups in total. The second kappa shape index (κ2) is 6.12. The Bertz CT molecular complexity index is 488. The van der Waals surface area contributed by atoms with E-state index in [4.69, 9.17) is 0 Å². The van der Waals surface area contributed by atoms with Crippen LogP contribution < -0.4 is 4.72 Å². The molecule has 0 bridgehead atoms. The highest BCUT2D eigenvalue weighted by Crippen LogP contribution is 2.20. The Morgan fingerprint density at radius 2 is 1.78 bits per heavy atom. The minimum atomic E-state index is -3.54. The normalized spacial score (nSPS) is 15.7. The minimum Gasteiger partial charge on any atom is -0.387 e. The van der Waals surface area contributed by atoms with Crippen molar-refractivity contribution in [2.45, 2.75) is 19.1 Å². The van der Waals surface area contributed by atoms with Gasteiger partial charge in [-0.05, 0) is 24.6 Å². The van der Waals surface area contributed by atoms with E-state index in [1.807, 2.05) is 0 Å². The van der Waals surface area contributed by atoms with Crippen molar-refractivity contribution in [2.75, 3.05) is 14.1 Å². The monoisotopic (exact) mass is 336 g/mol. The van der Waals surface area contributed by atoms with Crippen molar-refractivity contribution in [2.24, 2.45) is 0 Å². The van der Waals surface area contributed by atoms with E-state index in [0.29, 0.717) is 5.56 Å². The van der Waals surface area contributed by atoms with Gasteiger partial charge in [0.1, 0.15) is 0 Å². The molecule has 0 spiro atoms. The molecule has 2 atom stereocenters. The number of hydrogen-bond donors (Lipinski definition) is 2. The van der Waals surface area contributed by atoms with Gasteiger partial charge in [-0.1, -0.05) is 28.1 Å². The van der Waals surface area contributed by atoms with Crippen LogP contribution in [0.5, 0.6) is 0 Å². The summed E-state index contributed by atoms with van der Waals surface area (Å²) in [5.41, 5.74) is 0.659. The van der Waals surface area contributed by atoms with E-state index in [1.165, 1.54) is 14.1 Å². The van der Waals surface area contributed by atoms with Gasteiger partial charge in [0, 0.05) is 18.6 Å². The first kappa shape index (κ1) is 15.6. The third-order valence-electron chi connectivity index (χ3n) is 2.50. The molecular weight excluding hydrogens is 320 g/mol. The number of benzene rings is 1. The van der Waals surface area contributed by atoms with Gasteiger partial charge >= 0.3 is 0 Å². The Labute approximate surface area is 116 Å². The molecule has 0 aliphatic carbocycles. The van der Waals surface area contributed by atoms with Gasteiger partial charge in [0.25, 0.3) is 10.2 Å². The maximum Gasteiger partial charge on any atom is 0.279 e. The number of aliphatic hydroxyl groups excluding tert-OH is 1. The van der Waals surface area contributed by atoms with Crippen LogP contribution in [0, 0.1) is 0 Å². The van der Waals surface area contributed by atoms with Crippen molar-refractivity contribution in [1.82, 2.24) is 9.03 Å². The second-order valence-corrected chi connectivity index (χ2v) is 7.02. The molecule has 102 valence electrons. The number of nitrogens with zero attached hydrogens (tertiary/aromatic N) is 1. The van der Waals surface area contributed by atoms with Crippen LogP contribution in [0.15, 0.2) is 28.7 Å². The Morgan fingerprint density at radius 3 is 2.22 bits per heavy atom. The molecule has 0 amide bonds. The summed E-state index contributed by atoms with van der Waals surface area (Å²) in [6.07, 6.45) is -0.896. The Balaban J connectivity index is 2.79. The van der Waals surface area contributed by atoms with Gasteiger partial charge < -0.3 is 5.11 Å². The zero-order valence-corrected chi connectivity index (χ0v) is 12.9. The molecule has 0 radical (unpaired) electrons. The fourth-order valence-corrected chi connectivity index (χ4v) is 2.43. The van der Waals surface area contributed by atoms with Crippen LogP contribution in [-0.2, 0) is 10.2 Å². The third-order valence-corrected chi connectivity index (χ3v) is 4.66. The van der Waals surface area contributed by atoms with Gasteiger partial charge in [-0.3, -0.25) is 0 Å². The number of hydrogen-bond acceptors (Lipinski definition) is 3. The van der Waals surface area contributed by atoms with Crippen molar-refractivity contribution in [3.8, 4) is 0 Å². The molecule has 0 saturated carbocycles. The predicted octanol–water partition coefficient (Wildman–Crippen LogP) is 1.27. The van der Waals surface area contributed by atoms with Gasteiger partial charge in [0.15, 0.2) is 0 Å². The SMILES string of the molecule is C[C@H](NS(=O)(=O)N(C)C)[C@@H](O)c1ccc(Br)cc1. The van der Waals surface area contributed by atoms with Crippen LogP contribution in [0.2, 0.25) is 0 Å². The lowest BCUT2D eigenvalue weighted by molar-refractivity contribution is 0.145. The molecule has 7 heteroatoms. The lowest BCUT2D eigenvalue weighted by Gasteiger charge is -2.22. The number of halogens is 1. The lowest BCUT2D eigenvalue weighted by atomic mass is 10.0. The molecule has 18 heavy (non-hydrogen) atoms. The predicted molar refractivity (Wildman–Crippen MR) is 74.3 cm³/mol. The number of nitrogens with one attached hydrogen (secondary N) is 1. The van der Waals surface area contributed by atoms with E-state index in [-0.39, 0.29) is 0 Å². The molecule has 0 heterocycles. The average Bonchev–Trinajstić information content (AvgIpc) is 2.28. The highest BCUT2D eigenvalue weighted by atomic mass is 79.9. The first-order valence-electron chi connectivity index (χ1n) is 5.37. The van der Waals surface area contributed by atoms with Crippen molar-refractivity contribution < 1.29 is 13.5 Å². The van der Waals surface area contributed by atoms with Gasteiger partial charge in [-0.25, -0.2) is 0 Å². The van der Waals surface area contributed by atoms with Gasteiger partial charge in [0.2, 0.25) is 0 Å². The van der Waals surface area contributed by atoms with Crippen LogP contribution in [0.3, 0.4) is 0 Å². The van der Waals surface area contributed by atoms with Gasteiger partial charge in [-0.2, -0.15) is 17.4 Å². The lowest BCUT2D eigenvalue weighted by Crippen LogP contribution is -2.43. The second-order valence-electron chi connectivity index (χ2n) is 4.19. The van der Waals surface area contributed by atoms with E-state index in [0.717, 1.165) is 8.78 Å². The zero-order valence-electron chi connectivity index (χ0n) is 10.5. The van der Waals surface area contributed by atoms with E-state index < -0.39 is 22.4 Å². The molecule has 0 fully saturated rings. The highest BCUT2D eigenvalue weighted by molar-refractivity contribution is 9.10. The Kier molecular flexibility index (Phi) is 5.30. The Hall–Kier alpha value is -0.470. The molecule has 5 nitrogen and oxygen atoms in total. The van der Waals surface area contributed by atoms with E-state index >= 15 is 0 Å². The van der Waals surface area contributed by atoms with Crippen LogP contribution >= 0.6 is 15.9 Å². The molecule has 0 aliphatic rings. The minimum absolute atomic E-state index is 0.612. The standard InChI is InChI=1S/C11H17BrN2O3S/c1-8(13-18(16,17)14(2)3)11(15)9-4-6-10(12)7-5-9/h4-8,11,13,15H,1-3H3/t8-,11+/m0/s1. The summed E-state index contributed by atoms with van der Waals surface area (Å²) in [6, 6.07) is 6.47. The average molecular weight is 337 g/mol. The highest BCUT2D eigenvalue weighted by Gasteiger charge is 2.23. The van der Waals surface area contributed by atoms with Crippen molar-refractivity contribution in [3.63, 3.8) is 0 Å². The quantitative estimate of drug-likeness (QED) is 0.850. The summed E-state index contributed by atoms with van der Waals surface area (Å²) in [5.74, 6) is 0. The molecule has 0 aromatic heterocycles. The molecule has 1 aromatic rings. The first-order chi connectivity index (χ1) is 8.24. The van der Waals surface area contributed by atoms with E-state index in [2.05, 4.69) is 20.7 Å². The number of rotatable bonds is 5. The first-order valence-corrected chi connectivity index (χ1v) is 7.60. The van der Waals surface area contributed by atoms with Crippen molar-refractivity contribution >= 4 is 26.1 Å². The fourth-order valence-electron chi connectivity index (χ4n) is 1.35. The van der Waals surface area contributed by atoms with Crippen molar-refractivity contribution in [1.29, 1.82) is 0 Å². The molecule has 1 aromatic carbocycles. The maximum atomic E-state index is 11.6. The summed E-state index contributed by atoms with van der Waals surface area (Å²) in [5, 5.41) is 10.1. The molecule has 0 aliphatic heterocycles. The smallest absolute Gasteiger partial charge is 0.279 e.